The molecule has 126 valence electrons. The van der Waals surface area contributed by atoms with E-state index in [-0.39, 0.29) is 11.6 Å². The van der Waals surface area contributed by atoms with Crippen molar-refractivity contribution in [3.05, 3.63) is 59.7 Å². The summed E-state index contributed by atoms with van der Waals surface area (Å²) >= 11 is 0. The molecule has 0 saturated heterocycles. The van der Waals surface area contributed by atoms with Crippen molar-refractivity contribution >= 4 is 11.8 Å². The molecule has 0 spiro atoms. The first-order valence-corrected chi connectivity index (χ1v) is 8.29. The van der Waals surface area contributed by atoms with Crippen molar-refractivity contribution < 1.29 is 9.47 Å². The Morgan fingerprint density at radius 1 is 1.12 bits per heavy atom. The fourth-order valence-electron chi connectivity index (χ4n) is 3.02. The van der Waals surface area contributed by atoms with Crippen molar-refractivity contribution in [1.29, 1.82) is 0 Å². The number of para-hydroxylation sites is 1. The van der Waals surface area contributed by atoms with Crippen LogP contribution in [-0.4, -0.2) is 19.8 Å². The largest absolute Gasteiger partial charge is 0.496 e. The maximum atomic E-state index is 6.06. The van der Waals surface area contributed by atoms with Gasteiger partial charge in [-0.15, -0.1) is 0 Å². The van der Waals surface area contributed by atoms with E-state index in [2.05, 4.69) is 75.2 Å². The molecular weight excluding hydrogens is 298 g/mol. The van der Waals surface area contributed by atoms with Crippen molar-refractivity contribution in [1.82, 2.24) is 0 Å². The van der Waals surface area contributed by atoms with Crippen LogP contribution in [0.5, 0.6) is 11.5 Å². The van der Waals surface area contributed by atoms with E-state index in [1.54, 1.807) is 7.11 Å². The fourth-order valence-corrected chi connectivity index (χ4v) is 3.02. The summed E-state index contributed by atoms with van der Waals surface area (Å²) in [6.07, 6.45) is 4.23. The van der Waals surface area contributed by atoms with Gasteiger partial charge in [0.05, 0.1) is 13.2 Å². The summed E-state index contributed by atoms with van der Waals surface area (Å²) in [7, 11) is 3.82. The molecule has 0 unspecified atom stereocenters. The normalized spacial score (nSPS) is 16.0. The zero-order valence-electron chi connectivity index (χ0n) is 15.0. The van der Waals surface area contributed by atoms with E-state index in [4.69, 9.17) is 9.47 Å². The van der Waals surface area contributed by atoms with Gasteiger partial charge in [-0.1, -0.05) is 24.3 Å². The minimum absolute atomic E-state index is 0.177. The monoisotopic (exact) mass is 323 g/mol. The van der Waals surface area contributed by atoms with Crippen LogP contribution in [0.3, 0.4) is 0 Å². The van der Waals surface area contributed by atoms with Crippen LogP contribution in [0.25, 0.3) is 6.08 Å². The lowest BCUT2D eigenvalue weighted by molar-refractivity contribution is 0.158. The molecule has 2 aromatic carbocycles. The van der Waals surface area contributed by atoms with Gasteiger partial charge in [0.25, 0.3) is 0 Å². The molecule has 0 radical (unpaired) electrons. The molecule has 0 bridgehead atoms. The van der Waals surface area contributed by atoms with Gasteiger partial charge in [0, 0.05) is 29.9 Å². The summed E-state index contributed by atoms with van der Waals surface area (Å²) in [6.45, 7) is 6.30. The van der Waals surface area contributed by atoms with Crippen molar-refractivity contribution in [3.63, 3.8) is 0 Å². The molecular formula is C21H25NO2. The smallest absolute Gasteiger partial charge is 0.131 e. The van der Waals surface area contributed by atoms with Gasteiger partial charge < -0.3 is 14.4 Å². The second-order valence-corrected chi connectivity index (χ2v) is 6.79. The molecule has 3 nitrogen and oxygen atoms in total. The Kier molecular flexibility index (Phi) is 4.27. The topological polar surface area (TPSA) is 21.7 Å². The first-order valence-electron chi connectivity index (χ1n) is 8.29. The summed E-state index contributed by atoms with van der Waals surface area (Å²) in [4.78, 5) is 2.25. The summed E-state index contributed by atoms with van der Waals surface area (Å²) < 4.78 is 11.7. The third-order valence-corrected chi connectivity index (χ3v) is 4.59. The number of methoxy groups -OCH3 is 1. The molecule has 1 aliphatic heterocycles. The summed E-state index contributed by atoms with van der Waals surface area (Å²) in [5.41, 5.74) is 3.14. The molecule has 0 fully saturated rings. The van der Waals surface area contributed by atoms with E-state index < -0.39 is 0 Å². The molecule has 1 heterocycles. The molecule has 0 amide bonds. The first-order chi connectivity index (χ1) is 11.4. The van der Waals surface area contributed by atoms with Gasteiger partial charge in [-0.25, -0.2) is 0 Å². The molecule has 2 aromatic rings. The number of anilines is 1. The average Bonchev–Trinajstić information content (AvgIpc) is 2.59. The van der Waals surface area contributed by atoms with Gasteiger partial charge >= 0.3 is 0 Å². The summed E-state index contributed by atoms with van der Waals surface area (Å²) in [5, 5.41) is 0. The van der Waals surface area contributed by atoms with Crippen LogP contribution in [0.1, 0.15) is 37.9 Å². The van der Waals surface area contributed by atoms with Gasteiger partial charge in [-0.05, 0) is 45.0 Å². The minimum atomic E-state index is -0.286. The van der Waals surface area contributed by atoms with E-state index in [1.807, 2.05) is 12.1 Å². The fraction of sp³-hybridized carbons (Fsp3) is 0.333. The highest BCUT2D eigenvalue weighted by Crippen LogP contribution is 2.40. The molecule has 3 heteroatoms. The number of ether oxygens (including phenoxy) is 2. The Balaban J connectivity index is 1.99. The first kappa shape index (κ1) is 16.4. The summed E-state index contributed by atoms with van der Waals surface area (Å²) in [6, 6.07) is 14.7. The highest BCUT2D eigenvalue weighted by atomic mass is 16.5. The van der Waals surface area contributed by atoms with Gasteiger partial charge in [0.1, 0.15) is 17.1 Å². The Labute approximate surface area is 144 Å². The number of benzene rings is 2. The van der Waals surface area contributed by atoms with Crippen molar-refractivity contribution in [3.8, 4) is 11.5 Å². The Bertz CT molecular complexity index is 750. The zero-order valence-corrected chi connectivity index (χ0v) is 15.0. The Morgan fingerprint density at radius 3 is 2.50 bits per heavy atom. The lowest BCUT2D eigenvalue weighted by Crippen LogP contribution is -2.28. The molecule has 3 rings (SSSR count). The third-order valence-electron chi connectivity index (χ3n) is 4.59. The standard InChI is InChI=1S/C21H25NO2/c1-15(22(4)17-9-7-6-8-10-17)18-13-16-11-12-21(2,3)24-19(16)14-20(18)23-5/h6-15H,1-5H3/t15-/m1/s1. The van der Waals surface area contributed by atoms with Gasteiger partial charge in [-0.3, -0.25) is 0 Å². The van der Waals surface area contributed by atoms with E-state index >= 15 is 0 Å². The molecule has 0 aliphatic carbocycles. The van der Waals surface area contributed by atoms with Crippen LogP contribution in [0, 0.1) is 0 Å². The van der Waals surface area contributed by atoms with Crippen molar-refractivity contribution in [2.45, 2.75) is 32.4 Å². The van der Waals surface area contributed by atoms with Crippen LogP contribution in [0.4, 0.5) is 5.69 Å². The van der Waals surface area contributed by atoms with E-state index in [1.165, 1.54) is 5.69 Å². The van der Waals surface area contributed by atoms with Crippen LogP contribution < -0.4 is 14.4 Å². The Morgan fingerprint density at radius 2 is 1.83 bits per heavy atom. The SMILES string of the molecule is COc1cc2c(cc1[C@@H](C)N(C)c1ccccc1)C=CC(C)(C)O2. The van der Waals surface area contributed by atoms with E-state index in [9.17, 15) is 0 Å². The van der Waals surface area contributed by atoms with Crippen LogP contribution in [0.15, 0.2) is 48.5 Å². The quantitative estimate of drug-likeness (QED) is 0.783. The third kappa shape index (κ3) is 3.12. The number of rotatable bonds is 4. The maximum Gasteiger partial charge on any atom is 0.131 e. The van der Waals surface area contributed by atoms with Gasteiger partial charge in [0.2, 0.25) is 0 Å². The molecule has 1 aliphatic rings. The predicted octanol–water partition coefficient (Wildman–Crippen LogP) is 5.08. The molecule has 0 aromatic heterocycles. The molecule has 0 N–H and O–H groups in total. The number of hydrogen-bond acceptors (Lipinski definition) is 3. The van der Waals surface area contributed by atoms with Crippen molar-refractivity contribution in [2.24, 2.45) is 0 Å². The summed E-state index contributed by atoms with van der Waals surface area (Å²) in [5.74, 6) is 1.73. The van der Waals surface area contributed by atoms with Crippen molar-refractivity contribution in [2.75, 3.05) is 19.1 Å². The second-order valence-electron chi connectivity index (χ2n) is 6.79. The molecule has 0 saturated carbocycles. The maximum absolute atomic E-state index is 6.06. The van der Waals surface area contributed by atoms with Crippen LogP contribution >= 0.6 is 0 Å². The van der Waals surface area contributed by atoms with E-state index in [0.717, 1.165) is 22.6 Å². The number of hydrogen-bond donors (Lipinski definition) is 0. The number of fused-ring (bicyclic) bond motifs is 1. The van der Waals surface area contributed by atoms with Gasteiger partial charge in [-0.2, -0.15) is 0 Å². The highest BCUT2D eigenvalue weighted by Gasteiger charge is 2.25. The van der Waals surface area contributed by atoms with Crippen LogP contribution in [-0.2, 0) is 0 Å². The average molecular weight is 323 g/mol. The van der Waals surface area contributed by atoms with Crippen LogP contribution in [0.2, 0.25) is 0 Å². The molecule has 24 heavy (non-hydrogen) atoms. The highest BCUT2D eigenvalue weighted by molar-refractivity contribution is 5.65. The Hall–Kier alpha value is -2.42. The lowest BCUT2D eigenvalue weighted by atomic mass is 9.97. The van der Waals surface area contributed by atoms with E-state index in [0.29, 0.717) is 0 Å². The predicted molar refractivity (Wildman–Crippen MR) is 100.0 cm³/mol. The minimum Gasteiger partial charge on any atom is -0.496 e. The number of nitrogens with zero attached hydrogens (tertiary/aromatic N) is 1. The molecule has 1 atom stereocenters. The lowest BCUT2D eigenvalue weighted by Gasteiger charge is -2.32. The second kappa shape index (κ2) is 6.23. The zero-order chi connectivity index (χ0) is 17.3. The van der Waals surface area contributed by atoms with Gasteiger partial charge in [0.15, 0.2) is 0 Å².